The molecule has 3 aromatic heterocycles. The number of anilines is 2. The summed E-state index contributed by atoms with van der Waals surface area (Å²) in [6.07, 6.45) is 4.67. The molecule has 0 spiro atoms. The first-order valence-corrected chi connectivity index (χ1v) is 12.7. The number of aromatic nitrogens is 4. The van der Waals surface area contributed by atoms with Gasteiger partial charge < -0.3 is 19.4 Å². The van der Waals surface area contributed by atoms with Gasteiger partial charge >= 0.3 is 0 Å². The van der Waals surface area contributed by atoms with Crippen molar-refractivity contribution in [3.05, 3.63) is 59.3 Å². The maximum atomic E-state index is 15.0. The summed E-state index contributed by atoms with van der Waals surface area (Å²) < 4.78 is 28.2. The van der Waals surface area contributed by atoms with Gasteiger partial charge in [-0.05, 0) is 80.0 Å². The van der Waals surface area contributed by atoms with Crippen LogP contribution in [0.15, 0.2) is 34.9 Å². The summed E-state index contributed by atoms with van der Waals surface area (Å²) in [4.78, 5) is 24.1. The molecule has 0 atom stereocenters. The van der Waals surface area contributed by atoms with Crippen LogP contribution in [0.4, 0.5) is 15.9 Å². The number of morpholine rings is 1. The summed E-state index contributed by atoms with van der Waals surface area (Å²) in [5.74, 6) is 2.02. The molecular formula is C27H27FN6O3. The lowest BCUT2D eigenvalue weighted by Gasteiger charge is -2.59. The molecule has 3 aliphatic carbocycles. The lowest BCUT2D eigenvalue weighted by Crippen LogP contribution is -2.55. The van der Waals surface area contributed by atoms with Crippen LogP contribution in [0.2, 0.25) is 0 Å². The van der Waals surface area contributed by atoms with Gasteiger partial charge in [0.25, 0.3) is 5.91 Å². The van der Waals surface area contributed by atoms with Crippen LogP contribution in [-0.4, -0.2) is 51.8 Å². The van der Waals surface area contributed by atoms with Crippen LogP contribution in [-0.2, 0) is 10.2 Å². The molecule has 37 heavy (non-hydrogen) atoms. The predicted octanol–water partition coefficient (Wildman–Crippen LogP) is 4.28. The molecule has 0 radical (unpaired) electrons. The van der Waals surface area contributed by atoms with Crippen LogP contribution in [0.5, 0.6) is 0 Å². The molecule has 9 nitrogen and oxygen atoms in total. The van der Waals surface area contributed by atoms with E-state index in [2.05, 4.69) is 25.3 Å². The van der Waals surface area contributed by atoms with Gasteiger partial charge in [-0.3, -0.25) is 4.79 Å². The molecule has 4 fully saturated rings. The Balaban J connectivity index is 1.23. The number of rotatable bonds is 5. The first-order chi connectivity index (χ1) is 17.9. The Kier molecular flexibility index (Phi) is 4.91. The highest BCUT2D eigenvalue weighted by atomic mass is 19.1. The largest absolute Gasteiger partial charge is 0.435 e. The van der Waals surface area contributed by atoms with E-state index in [0.717, 1.165) is 60.8 Å². The number of hydrogen-bond acceptors (Lipinski definition) is 7. The van der Waals surface area contributed by atoms with Gasteiger partial charge in [0.1, 0.15) is 17.5 Å². The van der Waals surface area contributed by atoms with Crippen LogP contribution >= 0.6 is 0 Å². The zero-order chi connectivity index (χ0) is 25.3. The second kappa shape index (κ2) is 8.11. The van der Waals surface area contributed by atoms with Crippen LogP contribution in [0.1, 0.15) is 47.1 Å². The Bertz CT molecular complexity index is 1540. The van der Waals surface area contributed by atoms with Crippen LogP contribution in [0, 0.1) is 25.6 Å². The van der Waals surface area contributed by atoms with E-state index in [0.29, 0.717) is 30.6 Å². The van der Waals surface area contributed by atoms with Gasteiger partial charge in [-0.15, -0.1) is 5.10 Å². The summed E-state index contributed by atoms with van der Waals surface area (Å²) in [6, 6.07) is 7.07. The molecule has 190 valence electrons. The number of hydrogen-bond donors (Lipinski definition) is 1. The number of pyridine rings is 1. The Morgan fingerprint density at radius 3 is 2.65 bits per heavy atom. The fourth-order valence-corrected chi connectivity index (χ4v) is 5.88. The normalized spacial score (nSPS) is 22.6. The van der Waals surface area contributed by atoms with Crippen molar-refractivity contribution in [3.8, 4) is 11.1 Å². The van der Waals surface area contributed by atoms with Crippen molar-refractivity contribution >= 4 is 23.1 Å². The number of amides is 1. The smallest absolute Gasteiger partial charge is 0.293 e. The molecular weight excluding hydrogens is 475 g/mol. The predicted molar refractivity (Wildman–Crippen MR) is 134 cm³/mol. The first-order valence-electron chi connectivity index (χ1n) is 12.7. The topological polar surface area (TPSA) is 97.8 Å². The number of fused-ring (bicyclic) bond motifs is 1. The molecule has 1 N–H and O–H groups in total. The third-order valence-corrected chi connectivity index (χ3v) is 7.95. The van der Waals surface area contributed by atoms with E-state index in [4.69, 9.17) is 9.15 Å². The quantitative estimate of drug-likeness (QED) is 0.435. The van der Waals surface area contributed by atoms with Crippen molar-refractivity contribution in [2.45, 2.75) is 38.5 Å². The number of carbonyl (C=O) groups is 1. The summed E-state index contributed by atoms with van der Waals surface area (Å²) >= 11 is 0. The molecule has 2 bridgehead atoms. The lowest BCUT2D eigenvalue weighted by atomic mass is 9.44. The summed E-state index contributed by atoms with van der Waals surface area (Å²) in [6.45, 7) is 6.45. The number of halogens is 1. The van der Waals surface area contributed by atoms with E-state index in [-0.39, 0.29) is 16.9 Å². The number of carbonyl (C=O) groups excluding carboxylic acids is 1. The number of aryl methyl sites for hydroxylation is 2. The van der Waals surface area contributed by atoms with Crippen LogP contribution in [0.25, 0.3) is 16.8 Å². The Morgan fingerprint density at radius 1 is 1.14 bits per heavy atom. The molecule has 1 amide bonds. The van der Waals surface area contributed by atoms with E-state index < -0.39 is 11.7 Å². The van der Waals surface area contributed by atoms with Gasteiger partial charge in [-0.25, -0.2) is 14.4 Å². The average Bonchev–Trinajstić information content (AvgIpc) is 3.45. The molecule has 4 aromatic rings. The van der Waals surface area contributed by atoms with Crippen molar-refractivity contribution in [1.82, 2.24) is 19.6 Å². The van der Waals surface area contributed by atoms with Crippen molar-refractivity contribution in [1.29, 1.82) is 0 Å². The Morgan fingerprint density at radius 2 is 1.92 bits per heavy atom. The third kappa shape index (κ3) is 3.61. The zero-order valence-corrected chi connectivity index (χ0v) is 20.8. The maximum absolute atomic E-state index is 15.0. The minimum Gasteiger partial charge on any atom is -0.435 e. The van der Waals surface area contributed by atoms with Crippen molar-refractivity contribution in [2.24, 2.45) is 5.92 Å². The first kappa shape index (κ1) is 22.4. The number of nitrogens with zero attached hydrogens (tertiary/aromatic N) is 5. The van der Waals surface area contributed by atoms with E-state index >= 15 is 4.39 Å². The van der Waals surface area contributed by atoms with Crippen LogP contribution in [0.3, 0.4) is 0 Å². The Labute approximate surface area is 212 Å². The average molecular weight is 503 g/mol. The standard InChI is InChI=1S/C27H27FN6O3/c1-15-7-20(28)21(31-25(35)22-14-29-26(37-22)27-11-17(12-27)13-27)10-19(15)18-8-23-30-16(2)32-34(23)24(9-18)33-3-5-36-6-4-33/h7-10,14,17H,3-6,11-13H2,1-2H3,(H,31,35). The van der Waals surface area contributed by atoms with E-state index in [1.807, 2.05) is 30.5 Å². The van der Waals surface area contributed by atoms with Gasteiger partial charge in [-0.1, -0.05) is 0 Å². The maximum Gasteiger partial charge on any atom is 0.293 e. The molecule has 4 heterocycles. The fraction of sp³-hybridized carbons (Fsp3) is 0.407. The molecule has 4 aliphatic rings. The number of oxazole rings is 1. The van der Waals surface area contributed by atoms with Crippen LogP contribution < -0.4 is 10.2 Å². The number of benzene rings is 1. The minimum absolute atomic E-state index is 0.0162. The van der Waals surface area contributed by atoms with Crippen molar-refractivity contribution in [2.75, 3.05) is 36.5 Å². The summed E-state index contributed by atoms with van der Waals surface area (Å²) in [5.41, 5.74) is 3.20. The highest BCUT2D eigenvalue weighted by molar-refractivity contribution is 6.02. The Hall–Kier alpha value is -3.79. The van der Waals surface area contributed by atoms with E-state index in [1.54, 1.807) is 6.07 Å². The summed E-state index contributed by atoms with van der Waals surface area (Å²) in [7, 11) is 0. The van der Waals surface area contributed by atoms with Crippen molar-refractivity contribution < 1.29 is 18.3 Å². The molecule has 8 rings (SSSR count). The fourth-order valence-electron chi connectivity index (χ4n) is 5.88. The second-order valence-electron chi connectivity index (χ2n) is 10.5. The number of nitrogens with one attached hydrogen (secondary N) is 1. The summed E-state index contributed by atoms with van der Waals surface area (Å²) in [5, 5.41) is 7.26. The number of ether oxygens (including phenoxy) is 1. The zero-order valence-electron chi connectivity index (χ0n) is 20.8. The van der Waals surface area contributed by atoms with Gasteiger partial charge in [0.15, 0.2) is 5.65 Å². The highest BCUT2D eigenvalue weighted by Crippen LogP contribution is 2.64. The van der Waals surface area contributed by atoms with Gasteiger partial charge in [0.2, 0.25) is 11.7 Å². The van der Waals surface area contributed by atoms with E-state index in [9.17, 15) is 4.79 Å². The van der Waals surface area contributed by atoms with E-state index in [1.165, 1.54) is 12.3 Å². The molecule has 1 saturated heterocycles. The SMILES string of the molecule is Cc1nc2cc(-c3cc(NC(=O)c4cnc(C56CC(C5)C6)o4)c(F)cc3C)cc(N3CCOCC3)n2n1. The molecule has 10 heteroatoms. The molecule has 0 unspecified atom stereocenters. The minimum atomic E-state index is -0.517. The second-order valence-corrected chi connectivity index (χ2v) is 10.5. The molecule has 3 saturated carbocycles. The molecule has 1 aliphatic heterocycles. The third-order valence-electron chi connectivity index (χ3n) is 7.95. The molecule has 1 aromatic carbocycles. The highest BCUT2D eigenvalue weighted by Gasteiger charge is 2.60. The van der Waals surface area contributed by atoms with Gasteiger partial charge in [-0.2, -0.15) is 4.52 Å². The lowest BCUT2D eigenvalue weighted by molar-refractivity contribution is -0.0482. The monoisotopic (exact) mass is 502 g/mol. The van der Waals surface area contributed by atoms with Gasteiger partial charge in [0.05, 0.1) is 25.1 Å². The van der Waals surface area contributed by atoms with Gasteiger partial charge in [0, 0.05) is 18.5 Å². The van der Waals surface area contributed by atoms with Crippen molar-refractivity contribution in [3.63, 3.8) is 0 Å².